The van der Waals surface area contributed by atoms with Gasteiger partial charge in [0.1, 0.15) is 0 Å². The van der Waals surface area contributed by atoms with Crippen LogP contribution in [-0.2, 0) is 6.42 Å². The van der Waals surface area contributed by atoms with Crippen molar-refractivity contribution >= 4 is 11.6 Å². The average molecular weight is 193 g/mol. The van der Waals surface area contributed by atoms with Crippen LogP contribution >= 0.6 is 11.6 Å². The molecule has 0 radical (unpaired) electrons. The van der Waals surface area contributed by atoms with E-state index in [1.54, 1.807) is 6.20 Å². The van der Waals surface area contributed by atoms with Crippen LogP contribution in [0.5, 0.6) is 0 Å². The van der Waals surface area contributed by atoms with Gasteiger partial charge in [-0.2, -0.15) is 0 Å². The summed E-state index contributed by atoms with van der Waals surface area (Å²) in [5.41, 5.74) is 2.29. The van der Waals surface area contributed by atoms with Gasteiger partial charge in [-0.3, -0.25) is 0 Å². The Labute approximate surface area is 81.6 Å². The molecule has 0 unspecified atom stereocenters. The molecule has 13 heavy (non-hydrogen) atoms. The van der Waals surface area contributed by atoms with Gasteiger partial charge in [0, 0.05) is 18.3 Å². The van der Waals surface area contributed by atoms with Gasteiger partial charge < -0.3 is 4.98 Å². The Morgan fingerprint density at radius 3 is 2.62 bits per heavy atom. The van der Waals surface area contributed by atoms with Crippen LogP contribution in [0.25, 0.3) is 0 Å². The van der Waals surface area contributed by atoms with E-state index in [0.29, 0.717) is 5.28 Å². The van der Waals surface area contributed by atoms with Gasteiger partial charge in [-0.15, -0.1) is 0 Å². The maximum absolute atomic E-state index is 5.66. The summed E-state index contributed by atoms with van der Waals surface area (Å²) in [5, 5.41) is 0.450. The fourth-order valence-corrected chi connectivity index (χ4v) is 1.41. The van der Waals surface area contributed by atoms with E-state index in [2.05, 4.69) is 22.1 Å². The molecule has 0 bridgehead atoms. The zero-order valence-electron chi connectivity index (χ0n) is 7.00. The van der Waals surface area contributed by atoms with Crippen molar-refractivity contribution in [3.05, 3.63) is 53.1 Å². The van der Waals surface area contributed by atoms with Gasteiger partial charge in [0.15, 0.2) is 5.28 Å². The second-order valence-corrected chi connectivity index (χ2v) is 3.22. The summed E-state index contributed by atoms with van der Waals surface area (Å²) in [4.78, 5) is 6.90. The molecule has 1 aromatic heterocycles. The largest absolute Gasteiger partial charge is 0.332 e. The first kappa shape index (κ1) is 8.32. The number of benzene rings is 1. The molecule has 0 spiro atoms. The van der Waals surface area contributed by atoms with Gasteiger partial charge in [-0.1, -0.05) is 30.3 Å². The highest BCUT2D eigenvalue weighted by atomic mass is 35.5. The second kappa shape index (κ2) is 3.62. The normalized spacial score (nSPS) is 10.2. The summed E-state index contributed by atoms with van der Waals surface area (Å²) >= 11 is 5.66. The minimum Gasteiger partial charge on any atom is -0.332 e. The van der Waals surface area contributed by atoms with Gasteiger partial charge in [-0.25, -0.2) is 4.98 Å². The van der Waals surface area contributed by atoms with E-state index in [0.717, 1.165) is 12.1 Å². The molecule has 0 aliphatic carbocycles. The third-order valence-electron chi connectivity index (χ3n) is 1.83. The van der Waals surface area contributed by atoms with Crippen molar-refractivity contribution in [2.24, 2.45) is 0 Å². The monoisotopic (exact) mass is 192 g/mol. The maximum Gasteiger partial charge on any atom is 0.200 e. The molecule has 2 rings (SSSR count). The number of rotatable bonds is 2. The summed E-state index contributed by atoms with van der Waals surface area (Å²) < 4.78 is 0. The van der Waals surface area contributed by atoms with E-state index >= 15 is 0 Å². The lowest BCUT2D eigenvalue weighted by Gasteiger charge is -1.96. The van der Waals surface area contributed by atoms with Gasteiger partial charge in [-0.05, 0) is 17.2 Å². The smallest absolute Gasteiger partial charge is 0.200 e. The molecule has 0 aliphatic rings. The number of H-pyrrole nitrogens is 1. The minimum absolute atomic E-state index is 0.450. The molecule has 2 nitrogen and oxygen atoms in total. The van der Waals surface area contributed by atoms with Crippen LogP contribution < -0.4 is 0 Å². The van der Waals surface area contributed by atoms with Gasteiger partial charge >= 0.3 is 0 Å². The highest BCUT2D eigenvalue weighted by molar-refractivity contribution is 6.28. The number of hydrogen-bond acceptors (Lipinski definition) is 1. The van der Waals surface area contributed by atoms with Crippen LogP contribution in [0.2, 0.25) is 5.28 Å². The Balaban J connectivity index is 2.15. The van der Waals surface area contributed by atoms with Crippen LogP contribution in [0, 0.1) is 0 Å². The van der Waals surface area contributed by atoms with E-state index in [1.807, 2.05) is 18.2 Å². The molecule has 1 N–H and O–H groups in total. The van der Waals surface area contributed by atoms with Gasteiger partial charge in [0.25, 0.3) is 0 Å². The number of nitrogens with zero attached hydrogens (tertiary/aromatic N) is 1. The Morgan fingerprint density at radius 1 is 1.23 bits per heavy atom. The average Bonchev–Trinajstić information content (AvgIpc) is 2.53. The molecule has 1 aromatic carbocycles. The number of hydrogen-bond donors (Lipinski definition) is 1. The van der Waals surface area contributed by atoms with Crippen molar-refractivity contribution in [2.75, 3.05) is 0 Å². The van der Waals surface area contributed by atoms with Crippen molar-refractivity contribution in [1.29, 1.82) is 0 Å². The van der Waals surface area contributed by atoms with Crippen molar-refractivity contribution in [1.82, 2.24) is 9.97 Å². The maximum atomic E-state index is 5.66. The molecular formula is C10H9ClN2. The summed E-state index contributed by atoms with van der Waals surface area (Å²) in [6, 6.07) is 10.2. The van der Waals surface area contributed by atoms with Crippen LogP contribution in [0.1, 0.15) is 11.3 Å². The van der Waals surface area contributed by atoms with Crippen LogP contribution in [0.3, 0.4) is 0 Å². The fourth-order valence-electron chi connectivity index (χ4n) is 1.24. The van der Waals surface area contributed by atoms with Crippen molar-refractivity contribution < 1.29 is 0 Å². The molecule has 66 valence electrons. The number of aromatic nitrogens is 2. The van der Waals surface area contributed by atoms with E-state index in [-0.39, 0.29) is 0 Å². The third-order valence-corrected chi connectivity index (χ3v) is 2.03. The lowest BCUT2D eigenvalue weighted by atomic mass is 10.1. The standard InChI is InChI=1S/C10H9ClN2/c11-10-12-7-9(13-10)6-8-4-2-1-3-5-8/h1-5,7H,6H2,(H,12,13). The summed E-state index contributed by atoms with van der Waals surface area (Å²) in [5.74, 6) is 0. The molecule has 0 atom stereocenters. The fraction of sp³-hybridized carbons (Fsp3) is 0.100. The summed E-state index contributed by atoms with van der Waals surface area (Å²) in [6.07, 6.45) is 2.61. The minimum atomic E-state index is 0.450. The zero-order valence-corrected chi connectivity index (χ0v) is 7.75. The van der Waals surface area contributed by atoms with Crippen LogP contribution in [0.15, 0.2) is 36.5 Å². The van der Waals surface area contributed by atoms with E-state index in [1.165, 1.54) is 5.56 Å². The van der Waals surface area contributed by atoms with E-state index in [9.17, 15) is 0 Å². The Morgan fingerprint density at radius 2 is 2.00 bits per heavy atom. The second-order valence-electron chi connectivity index (χ2n) is 2.86. The molecule has 2 aromatic rings. The molecule has 3 heteroatoms. The van der Waals surface area contributed by atoms with Crippen LogP contribution in [-0.4, -0.2) is 9.97 Å². The lowest BCUT2D eigenvalue weighted by molar-refractivity contribution is 1.11. The molecule has 0 saturated heterocycles. The SMILES string of the molecule is Clc1ncc(Cc2ccccc2)[nH]1. The van der Waals surface area contributed by atoms with Crippen molar-refractivity contribution in [2.45, 2.75) is 6.42 Å². The third kappa shape index (κ3) is 2.10. The Hall–Kier alpha value is -1.28. The van der Waals surface area contributed by atoms with E-state index < -0.39 is 0 Å². The van der Waals surface area contributed by atoms with Gasteiger partial charge in [0.2, 0.25) is 0 Å². The highest BCUT2D eigenvalue weighted by Gasteiger charge is 1.98. The van der Waals surface area contributed by atoms with Crippen LogP contribution in [0.4, 0.5) is 0 Å². The van der Waals surface area contributed by atoms with E-state index in [4.69, 9.17) is 11.6 Å². The topological polar surface area (TPSA) is 28.7 Å². The number of nitrogens with one attached hydrogen (secondary N) is 1. The first-order chi connectivity index (χ1) is 6.34. The number of imidazole rings is 1. The lowest BCUT2D eigenvalue weighted by Crippen LogP contribution is -1.86. The molecule has 0 fully saturated rings. The van der Waals surface area contributed by atoms with Crippen molar-refractivity contribution in [3.63, 3.8) is 0 Å². The predicted octanol–water partition coefficient (Wildman–Crippen LogP) is 2.65. The van der Waals surface area contributed by atoms with Crippen molar-refractivity contribution in [3.8, 4) is 0 Å². The zero-order chi connectivity index (χ0) is 9.10. The Bertz CT molecular complexity index is 381. The van der Waals surface area contributed by atoms with Gasteiger partial charge in [0.05, 0.1) is 0 Å². The summed E-state index contributed by atoms with van der Waals surface area (Å²) in [6.45, 7) is 0. The molecule has 0 saturated carbocycles. The molecule has 0 aliphatic heterocycles. The molecule has 1 heterocycles. The number of halogens is 1. The highest BCUT2D eigenvalue weighted by Crippen LogP contribution is 2.08. The predicted molar refractivity (Wildman–Crippen MR) is 52.8 cm³/mol. The first-order valence-electron chi connectivity index (χ1n) is 4.08. The quantitative estimate of drug-likeness (QED) is 0.779. The molecule has 0 amide bonds. The summed E-state index contributed by atoms with van der Waals surface area (Å²) in [7, 11) is 0. The Kier molecular flexibility index (Phi) is 2.32. The number of aromatic amines is 1. The first-order valence-corrected chi connectivity index (χ1v) is 4.46. The molecular weight excluding hydrogens is 184 g/mol.